The van der Waals surface area contributed by atoms with Crippen LogP contribution < -0.4 is 10.6 Å². The van der Waals surface area contributed by atoms with Crippen LogP contribution in [0.4, 0.5) is 10.5 Å². The smallest absolute Gasteiger partial charge is 0.408 e. The molecule has 0 aliphatic carbocycles. The molecule has 7 nitrogen and oxygen atoms in total. The topological polar surface area (TPSA) is 87.7 Å². The fourth-order valence-corrected chi connectivity index (χ4v) is 4.38. The highest BCUT2D eigenvalue weighted by Crippen LogP contribution is 2.26. The summed E-state index contributed by atoms with van der Waals surface area (Å²) in [6, 6.07) is 19.4. The lowest BCUT2D eigenvalue weighted by Gasteiger charge is -2.32. The van der Waals surface area contributed by atoms with Gasteiger partial charge in [-0.05, 0) is 68.5 Å². The van der Waals surface area contributed by atoms with Crippen LogP contribution in [0.1, 0.15) is 58.2 Å². The number of hydrogen-bond acceptors (Lipinski definition) is 4. The maximum Gasteiger partial charge on any atom is 0.408 e. The summed E-state index contributed by atoms with van der Waals surface area (Å²) in [6.07, 6.45) is -0.271. The lowest BCUT2D eigenvalue weighted by Crippen LogP contribution is -2.51. The van der Waals surface area contributed by atoms with Crippen LogP contribution in [0.25, 0.3) is 10.8 Å². The highest BCUT2D eigenvalue weighted by atomic mass is 16.6. The van der Waals surface area contributed by atoms with Crippen LogP contribution in [0.15, 0.2) is 66.7 Å². The lowest BCUT2D eigenvalue weighted by atomic mass is 9.99. The molecule has 38 heavy (non-hydrogen) atoms. The van der Waals surface area contributed by atoms with Gasteiger partial charge in [0.15, 0.2) is 0 Å². The van der Waals surface area contributed by atoms with Crippen LogP contribution >= 0.6 is 0 Å². The molecule has 2 N–H and O–H groups in total. The first-order valence-electron chi connectivity index (χ1n) is 13.0. The van der Waals surface area contributed by atoms with Gasteiger partial charge in [0.1, 0.15) is 17.7 Å². The second-order valence-electron chi connectivity index (χ2n) is 11.1. The molecule has 0 saturated heterocycles. The summed E-state index contributed by atoms with van der Waals surface area (Å²) < 4.78 is 5.40. The molecule has 3 amide bonds. The van der Waals surface area contributed by atoms with E-state index < -0.39 is 23.8 Å². The quantitative estimate of drug-likeness (QED) is 0.371. The van der Waals surface area contributed by atoms with Gasteiger partial charge in [-0.3, -0.25) is 9.59 Å². The Kier molecular flexibility index (Phi) is 9.15. The summed E-state index contributed by atoms with van der Waals surface area (Å²) in [7, 11) is 1.60. The van der Waals surface area contributed by atoms with Crippen LogP contribution in [-0.4, -0.2) is 41.5 Å². The lowest BCUT2D eigenvalue weighted by molar-refractivity contribution is -0.139. The van der Waals surface area contributed by atoms with Crippen LogP contribution in [-0.2, 0) is 14.3 Å². The van der Waals surface area contributed by atoms with Crippen molar-refractivity contribution in [3.8, 4) is 0 Å². The number of ether oxygens (including phenoxy) is 1. The minimum atomic E-state index is -0.913. The number of fused-ring (bicyclic) bond motifs is 1. The third-order valence-electron chi connectivity index (χ3n) is 6.05. The van der Waals surface area contributed by atoms with Crippen molar-refractivity contribution in [1.82, 2.24) is 10.2 Å². The molecule has 3 aromatic carbocycles. The van der Waals surface area contributed by atoms with E-state index in [-0.39, 0.29) is 17.7 Å². The van der Waals surface area contributed by atoms with Crippen LogP contribution in [0, 0.1) is 12.8 Å². The molecule has 0 aliphatic heterocycles. The maximum atomic E-state index is 13.8. The van der Waals surface area contributed by atoms with Gasteiger partial charge in [0.25, 0.3) is 5.91 Å². The number of alkyl carbamates (subject to hydrolysis) is 1. The van der Waals surface area contributed by atoms with E-state index in [1.807, 2.05) is 87.5 Å². The van der Waals surface area contributed by atoms with Crippen molar-refractivity contribution in [2.24, 2.45) is 5.92 Å². The van der Waals surface area contributed by atoms with Crippen LogP contribution in [0.5, 0.6) is 0 Å². The molecule has 202 valence electrons. The number of likely N-dealkylation sites (N-methyl/N-ethyl adjacent to an activating group) is 1. The first kappa shape index (κ1) is 28.7. The molecule has 3 aromatic rings. The molecule has 0 saturated carbocycles. The van der Waals surface area contributed by atoms with Crippen molar-refractivity contribution in [2.75, 3.05) is 12.4 Å². The van der Waals surface area contributed by atoms with Gasteiger partial charge in [0.2, 0.25) is 5.91 Å². The van der Waals surface area contributed by atoms with E-state index in [1.165, 1.54) is 4.90 Å². The highest BCUT2D eigenvalue weighted by molar-refractivity contribution is 6.00. The molecule has 2 unspecified atom stereocenters. The summed E-state index contributed by atoms with van der Waals surface area (Å²) in [6.45, 7) is 11.2. The Morgan fingerprint density at radius 1 is 0.921 bits per heavy atom. The Morgan fingerprint density at radius 2 is 1.61 bits per heavy atom. The van der Waals surface area contributed by atoms with Crippen LogP contribution in [0.3, 0.4) is 0 Å². The molecule has 2 atom stereocenters. The normalized spacial score (nSPS) is 13.1. The number of nitrogens with one attached hydrogen (secondary N) is 2. The Bertz CT molecular complexity index is 1300. The summed E-state index contributed by atoms with van der Waals surface area (Å²) in [4.78, 5) is 41.5. The highest BCUT2D eigenvalue weighted by Gasteiger charge is 2.34. The molecule has 0 aliphatic rings. The zero-order valence-corrected chi connectivity index (χ0v) is 23.4. The van der Waals surface area contributed by atoms with E-state index >= 15 is 0 Å². The van der Waals surface area contributed by atoms with Crippen molar-refractivity contribution < 1.29 is 19.1 Å². The third-order valence-corrected chi connectivity index (χ3v) is 6.05. The Hall–Kier alpha value is -3.87. The molecule has 0 radical (unpaired) electrons. The number of carbonyl (C=O) groups excluding carboxylic acids is 3. The van der Waals surface area contributed by atoms with E-state index in [1.54, 1.807) is 27.8 Å². The average molecular weight is 518 g/mol. The van der Waals surface area contributed by atoms with Crippen molar-refractivity contribution in [2.45, 2.75) is 65.6 Å². The largest absolute Gasteiger partial charge is 0.444 e. The molecular weight excluding hydrogens is 478 g/mol. The Balaban J connectivity index is 1.92. The van der Waals surface area contributed by atoms with Gasteiger partial charge < -0.3 is 20.3 Å². The summed E-state index contributed by atoms with van der Waals surface area (Å²) in [5, 5.41) is 7.79. The summed E-state index contributed by atoms with van der Waals surface area (Å²) >= 11 is 0. The van der Waals surface area contributed by atoms with Gasteiger partial charge in [-0.25, -0.2) is 4.79 Å². The van der Waals surface area contributed by atoms with E-state index in [0.717, 1.165) is 16.3 Å². The molecule has 0 aromatic heterocycles. The Labute approximate surface area is 225 Å². The van der Waals surface area contributed by atoms with Gasteiger partial charge in [-0.2, -0.15) is 0 Å². The average Bonchev–Trinajstić information content (AvgIpc) is 2.81. The van der Waals surface area contributed by atoms with Crippen LogP contribution in [0.2, 0.25) is 0 Å². The summed E-state index contributed by atoms with van der Waals surface area (Å²) in [5.41, 5.74) is 1.58. The van der Waals surface area contributed by atoms with Gasteiger partial charge in [0, 0.05) is 12.7 Å². The number of aryl methyl sites for hydroxylation is 1. The predicted molar refractivity (Wildman–Crippen MR) is 152 cm³/mol. The first-order chi connectivity index (χ1) is 17.8. The molecular formula is C31H39N3O4. The fourth-order valence-electron chi connectivity index (χ4n) is 4.38. The zero-order chi connectivity index (χ0) is 28.0. The Morgan fingerprint density at radius 3 is 2.24 bits per heavy atom. The van der Waals surface area contributed by atoms with Crippen molar-refractivity contribution in [1.29, 1.82) is 0 Å². The number of hydrogen-bond donors (Lipinski definition) is 2. The monoisotopic (exact) mass is 517 g/mol. The number of rotatable bonds is 8. The molecule has 0 spiro atoms. The van der Waals surface area contributed by atoms with Gasteiger partial charge in [0.05, 0.1) is 0 Å². The summed E-state index contributed by atoms with van der Waals surface area (Å²) in [5.74, 6) is -0.594. The molecule has 7 heteroatoms. The molecule has 0 bridgehead atoms. The van der Waals surface area contributed by atoms with Gasteiger partial charge >= 0.3 is 6.09 Å². The number of nitrogens with zero attached hydrogens (tertiary/aromatic N) is 1. The standard InChI is InChI=1S/C31H39N3O4/c1-20(2)17-26(33-30(37)38-31(4,5)6)29(36)34(7)27(24-14-10-11-21(3)18-24)28(35)32-25-16-15-22-12-8-9-13-23(22)19-25/h8-16,18-20,26-27H,17H2,1-7H3,(H,32,35)(H,33,37). The third kappa shape index (κ3) is 7.81. The van der Waals surface area contributed by atoms with Gasteiger partial charge in [-0.1, -0.05) is 74.0 Å². The van der Waals surface area contributed by atoms with E-state index in [0.29, 0.717) is 17.7 Å². The van der Waals surface area contributed by atoms with E-state index in [4.69, 9.17) is 4.74 Å². The van der Waals surface area contributed by atoms with Crippen molar-refractivity contribution in [3.05, 3.63) is 77.9 Å². The predicted octanol–water partition coefficient (Wildman–Crippen LogP) is 6.23. The fraction of sp³-hybridized carbons (Fsp3) is 0.387. The number of anilines is 1. The zero-order valence-electron chi connectivity index (χ0n) is 23.4. The minimum Gasteiger partial charge on any atom is -0.444 e. The van der Waals surface area contributed by atoms with Gasteiger partial charge in [-0.15, -0.1) is 0 Å². The SMILES string of the molecule is Cc1cccc(C(C(=O)Nc2ccc3ccccc3c2)N(C)C(=O)C(CC(C)C)NC(=O)OC(C)(C)C)c1. The second kappa shape index (κ2) is 12.1. The van der Waals surface area contributed by atoms with Crippen molar-refractivity contribution in [3.63, 3.8) is 0 Å². The second-order valence-corrected chi connectivity index (χ2v) is 11.1. The van der Waals surface area contributed by atoms with E-state index in [9.17, 15) is 14.4 Å². The molecule has 0 heterocycles. The van der Waals surface area contributed by atoms with Crippen molar-refractivity contribution >= 4 is 34.4 Å². The first-order valence-corrected chi connectivity index (χ1v) is 13.0. The maximum absolute atomic E-state index is 13.8. The number of amides is 3. The molecule has 0 fully saturated rings. The number of carbonyl (C=O) groups is 3. The van der Waals surface area contributed by atoms with E-state index in [2.05, 4.69) is 10.6 Å². The molecule has 3 rings (SSSR count). The number of benzene rings is 3. The minimum absolute atomic E-state index is 0.121.